The maximum absolute atomic E-state index is 13.6. The monoisotopic (exact) mass is 334 g/mol. The summed E-state index contributed by atoms with van der Waals surface area (Å²) in [6, 6.07) is 3.13. The molecule has 1 aliphatic rings. The third-order valence-corrected chi connectivity index (χ3v) is 3.61. The first kappa shape index (κ1) is 16.3. The Morgan fingerprint density at radius 2 is 2.08 bits per heavy atom. The van der Waals surface area contributed by atoms with Crippen LogP contribution in [0.2, 0.25) is 0 Å². The van der Waals surface area contributed by atoms with Crippen LogP contribution in [0.15, 0.2) is 30.6 Å². The van der Waals surface area contributed by atoms with Crippen molar-refractivity contribution in [3.8, 4) is 0 Å². The second-order valence-electron chi connectivity index (χ2n) is 5.39. The molecule has 8 heteroatoms. The minimum Gasteiger partial charge on any atom is -0.376 e. The zero-order chi connectivity index (χ0) is 16.9. The van der Waals surface area contributed by atoms with Crippen LogP contribution in [0, 0.1) is 11.6 Å². The maximum atomic E-state index is 13.6. The number of aromatic nitrogens is 2. The number of ether oxygens (including phenoxy) is 1. The Bertz CT molecular complexity index is 719. The van der Waals surface area contributed by atoms with Crippen molar-refractivity contribution in [1.29, 1.82) is 0 Å². The molecule has 0 saturated carbocycles. The van der Waals surface area contributed by atoms with E-state index >= 15 is 0 Å². The highest BCUT2D eigenvalue weighted by Crippen LogP contribution is 2.18. The van der Waals surface area contributed by atoms with Gasteiger partial charge in [-0.1, -0.05) is 0 Å². The van der Waals surface area contributed by atoms with E-state index in [1.807, 2.05) is 0 Å². The summed E-state index contributed by atoms with van der Waals surface area (Å²) in [6.07, 6.45) is 4.66. The number of halogens is 2. The fraction of sp³-hybridized carbons (Fsp3) is 0.312. The lowest BCUT2D eigenvalue weighted by Crippen LogP contribution is -2.31. The molecular formula is C16H16F2N4O2. The van der Waals surface area contributed by atoms with Crippen molar-refractivity contribution in [3.63, 3.8) is 0 Å². The van der Waals surface area contributed by atoms with Crippen LogP contribution in [0.4, 0.5) is 20.4 Å². The summed E-state index contributed by atoms with van der Waals surface area (Å²) in [5, 5.41) is 5.39. The number of anilines is 2. The minimum atomic E-state index is -0.753. The zero-order valence-corrected chi connectivity index (χ0v) is 12.8. The Labute approximate surface area is 137 Å². The summed E-state index contributed by atoms with van der Waals surface area (Å²) < 4.78 is 31.8. The molecule has 24 heavy (non-hydrogen) atoms. The van der Waals surface area contributed by atoms with Gasteiger partial charge in [0.05, 0.1) is 17.4 Å². The quantitative estimate of drug-likeness (QED) is 0.878. The SMILES string of the molecule is O=C(NCC1CCCO1)c1cnc(Nc2ccc(F)cc2F)nc1. The van der Waals surface area contributed by atoms with Crippen LogP contribution in [0.1, 0.15) is 23.2 Å². The summed E-state index contributed by atoms with van der Waals surface area (Å²) in [7, 11) is 0. The molecule has 1 amide bonds. The normalized spacial score (nSPS) is 16.8. The first-order valence-electron chi connectivity index (χ1n) is 7.56. The van der Waals surface area contributed by atoms with E-state index in [1.165, 1.54) is 18.5 Å². The maximum Gasteiger partial charge on any atom is 0.254 e. The first-order valence-corrected chi connectivity index (χ1v) is 7.56. The highest BCUT2D eigenvalue weighted by atomic mass is 19.1. The average Bonchev–Trinajstić information content (AvgIpc) is 3.09. The number of carbonyl (C=O) groups is 1. The second kappa shape index (κ2) is 7.31. The van der Waals surface area contributed by atoms with Crippen molar-refractivity contribution in [2.45, 2.75) is 18.9 Å². The molecule has 0 bridgehead atoms. The third-order valence-electron chi connectivity index (χ3n) is 3.61. The van der Waals surface area contributed by atoms with E-state index in [-0.39, 0.29) is 29.2 Å². The lowest BCUT2D eigenvalue weighted by atomic mass is 10.2. The molecule has 3 rings (SSSR count). The number of nitrogens with zero attached hydrogens (tertiary/aromatic N) is 2. The molecule has 6 nitrogen and oxygen atoms in total. The first-order chi connectivity index (χ1) is 11.6. The van der Waals surface area contributed by atoms with Gasteiger partial charge in [0.2, 0.25) is 5.95 Å². The van der Waals surface area contributed by atoms with Crippen molar-refractivity contribution < 1.29 is 18.3 Å². The molecule has 1 fully saturated rings. The Morgan fingerprint density at radius 1 is 1.29 bits per heavy atom. The van der Waals surface area contributed by atoms with Crippen molar-refractivity contribution >= 4 is 17.5 Å². The number of amides is 1. The van der Waals surface area contributed by atoms with Crippen LogP contribution in [-0.2, 0) is 4.74 Å². The van der Waals surface area contributed by atoms with Gasteiger partial charge in [0, 0.05) is 31.6 Å². The van der Waals surface area contributed by atoms with E-state index in [1.54, 1.807) is 0 Å². The van der Waals surface area contributed by atoms with Gasteiger partial charge in [-0.15, -0.1) is 0 Å². The molecule has 1 unspecified atom stereocenters. The van der Waals surface area contributed by atoms with Gasteiger partial charge in [-0.3, -0.25) is 4.79 Å². The fourth-order valence-electron chi connectivity index (χ4n) is 2.34. The lowest BCUT2D eigenvalue weighted by Gasteiger charge is -2.11. The highest BCUT2D eigenvalue weighted by Gasteiger charge is 2.17. The van der Waals surface area contributed by atoms with Crippen molar-refractivity contribution in [2.75, 3.05) is 18.5 Å². The van der Waals surface area contributed by atoms with E-state index in [0.29, 0.717) is 6.54 Å². The fourth-order valence-corrected chi connectivity index (χ4v) is 2.34. The minimum absolute atomic E-state index is 0.0481. The van der Waals surface area contributed by atoms with Gasteiger partial charge in [0.1, 0.15) is 11.6 Å². The van der Waals surface area contributed by atoms with Crippen molar-refractivity contribution in [1.82, 2.24) is 15.3 Å². The number of rotatable bonds is 5. The van der Waals surface area contributed by atoms with Gasteiger partial charge >= 0.3 is 0 Å². The largest absolute Gasteiger partial charge is 0.376 e. The molecule has 1 atom stereocenters. The van der Waals surface area contributed by atoms with Gasteiger partial charge in [-0.25, -0.2) is 18.7 Å². The summed E-state index contributed by atoms with van der Waals surface area (Å²) in [5.41, 5.74) is 0.338. The average molecular weight is 334 g/mol. The van der Waals surface area contributed by atoms with Crippen LogP contribution in [0.3, 0.4) is 0 Å². The summed E-state index contributed by atoms with van der Waals surface area (Å²) in [6.45, 7) is 1.17. The van der Waals surface area contributed by atoms with Crippen molar-refractivity contribution in [2.24, 2.45) is 0 Å². The molecule has 0 spiro atoms. The molecule has 2 heterocycles. The summed E-state index contributed by atoms with van der Waals surface area (Å²) >= 11 is 0. The molecule has 1 aromatic carbocycles. The molecule has 1 saturated heterocycles. The van der Waals surface area contributed by atoms with E-state index in [0.717, 1.165) is 31.6 Å². The number of carbonyl (C=O) groups excluding carboxylic acids is 1. The predicted molar refractivity (Wildman–Crippen MR) is 83.0 cm³/mol. The third kappa shape index (κ3) is 4.02. The van der Waals surface area contributed by atoms with E-state index in [2.05, 4.69) is 20.6 Å². The van der Waals surface area contributed by atoms with Crippen molar-refractivity contribution in [3.05, 3.63) is 47.8 Å². The van der Waals surface area contributed by atoms with Gasteiger partial charge < -0.3 is 15.4 Å². The Hall–Kier alpha value is -2.61. The molecule has 1 aromatic heterocycles. The van der Waals surface area contributed by atoms with Gasteiger partial charge in [-0.05, 0) is 25.0 Å². The number of hydrogen-bond donors (Lipinski definition) is 2. The van der Waals surface area contributed by atoms with Gasteiger partial charge in [0.15, 0.2) is 0 Å². The Kier molecular flexibility index (Phi) is 4.95. The molecule has 1 aliphatic heterocycles. The van der Waals surface area contributed by atoms with Gasteiger partial charge in [0.25, 0.3) is 5.91 Å². The molecular weight excluding hydrogens is 318 g/mol. The Morgan fingerprint density at radius 3 is 2.75 bits per heavy atom. The molecule has 2 aromatic rings. The highest BCUT2D eigenvalue weighted by molar-refractivity contribution is 5.93. The van der Waals surface area contributed by atoms with Crippen LogP contribution >= 0.6 is 0 Å². The smallest absolute Gasteiger partial charge is 0.254 e. The standard InChI is InChI=1S/C16H16F2N4O2/c17-11-3-4-14(13(18)6-11)22-16-20-7-10(8-21-16)15(23)19-9-12-2-1-5-24-12/h3-4,6-8,12H,1-2,5,9H2,(H,19,23)(H,20,21,22). The van der Waals surface area contributed by atoms with E-state index in [4.69, 9.17) is 4.74 Å². The number of nitrogens with one attached hydrogen (secondary N) is 2. The molecule has 126 valence electrons. The topological polar surface area (TPSA) is 76.1 Å². The molecule has 2 N–H and O–H groups in total. The summed E-state index contributed by atoms with van der Waals surface area (Å²) in [5.74, 6) is -1.62. The van der Waals surface area contributed by atoms with Gasteiger partial charge in [-0.2, -0.15) is 0 Å². The summed E-state index contributed by atoms with van der Waals surface area (Å²) in [4.78, 5) is 19.9. The van der Waals surface area contributed by atoms with Crippen LogP contribution in [0.5, 0.6) is 0 Å². The van der Waals surface area contributed by atoms with Crippen LogP contribution < -0.4 is 10.6 Å². The molecule has 0 aliphatic carbocycles. The number of hydrogen-bond acceptors (Lipinski definition) is 5. The van der Waals surface area contributed by atoms with E-state index < -0.39 is 11.6 Å². The zero-order valence-electron chi connectivity index (χ0n) is 12.8. The number of benzene rings is 1. The predicted octanol–water partition coefficient (Wildman–Crippen LogP) is 2.41. The van der Waals surface area contributed by atoms with Crippen LogP contribution in [0.25, 0.3) is 0 Å². The van der Waals surface area contributed by atoms with Crippen LogP contribution in [-0.4, -0.2) is 35.1 Å². The lowest BCUT2D eigenvalue weighted by molar-refractivity contribution is 0.0857. The van der Waals surface area contributed by atoms with E-state index in [9.17, 15) is 13.6 Å². The Balaban J connectivity index is 1.59. The molecule has 0 radical (unpaired) electrons. The second-order valence-corrected chi connectivity index (χ2v) is 5.39.